The lowest BCUT2D eigenvalue weighted by atomic mass is 9.78. The topological polar surface area (TPSA) is 37.3 Å². The van der Waals surface area contributed by atoms with E-state index >= 15 is 0 Å². The second kappa shape index (κ2) is 4.72. The quantitative estimate of drug-likeness (QED) is 0.826. The minimum atomic E-state index is 0.0634. The van der Waals surface area contributed by atoms with Gasteiger partial charge in [-0.2, -0.15) is 0 Å². The van der Waals surface area contributed by atoms with Crippen LogP contribution in [0.2, 0.25) is 0 Å². The number of allylic oxidation sites excluding steroid dienone is 1. The number of phenolic OH excluding ortho intramolecular Hbond substituents is 1. The average Bonchev–Trinajstić information content (AvgIpc) is 2.52. The molecule has 1 saturated carbocycles. The summed E-state index contributed by atoms with van der Waals surface area (Å²) in [6, 6.07) is 3.98. The van der Waals surface area contributed by atoms with E-state index < -0.39 is 0 Å². The minimum absolute atomic E-state index is 0.0634. The summed E-state index contributed by atoms with van der Waals surface area (Å²) >= 11 is 0. The van der Waals surface area contributed by atoms with Crippen LogP contribution in [0.1, 0.15) is 63.1 Å². The Labute approximate surface area is 126 Å². The van der Waals surface area contributed by atoms with Gasteiger partial charge in [-0.1, -0.05) is 33.8 Å². The van der Waals surface area contributed by atoms with E-state index in [1.807, 2.05) is 12.1 Å². The summed E-state index contributed by atoms with van der Waals surface area (Å²) in [5.41, 5.74) is 4.33. The highest BCUT2D eigenvalue weighted by Gasteiger charge is 2.43. The van der Waals surface area contributed by atoms with Crippen LogP contribution in [-0.4, -0.2) is 10.9 Å². The van der Waals surface area contributed by atoms with E-state index in [0.717, 1.165) is 29.5 Å². The van der Waals surface area contributed by atoms with Crippen LogP contribution in [0, 0.1) is 11.3 Å². The number of aryl methyl sites for hydroxylation is 1. The van der Waals surface area contributed by atoms with Crippen LogP contribution in [-0.2, 0) is 11.2 Å². The molecule has 1 unspecified atom stereocenters. The zero-order valence-corrected chi connectivity index (χ0v) is 13.4. The first-order valence-electron chi connectivity index (χ1n) is 7.90. The van der Waals surface area contributed by atoms with E-state index in [0.29, 0.717) is 24.0 Å². The van der Waals surface area contributed by atoms with Gasteiger partial charge in [0.15, 0.2) is 5.78 Å². The van der Waals surface area contributed by atoms with Gasteiger partial charge in [0.1, 0.15) is 5.75 Å². The van der Waals surface area contributed by atoms with E-state index in [4.69, 9.17) is 0 Å². The van der Waals surface area contributed by atoms with Gasteiger partial charge in [-0.15, -0.1) is 0 Å². The number of carbonyl (C=O) groups is 1. The van der Waals surface area contributed by atoms with Crippen LogP contribution < -0.4 is 0 Å². The Kier molecular flexibility index (Phi) is 3.23. The molecule has 0 saturated heterocycles. The highest BCUT2D eigenvalue weighted by atomic mass is 16.3. The van der Waals surface area contributed by atoms with Crippen LogP contribution in [0.15, 0.2) is 17.7 Å². The summed E-state index contributed by atoms with van der Waals surface area (Å²) in [5, 5.41) is 10.2. The molecule has 2 nitrogen and oxygen atoms in total. The first kappa shape index (κ1) is 14.4. The smallest absolute Gasteiger partial charge is 0.159 e. The van der Waals surface area contributed by atoms with Crippen molar-refractivity contribution in [3.05, 3.63) is 34.4 Å². The zero-order chi connectivity index (χ0) is 15.4. The number of hydrogen-bond donors (Lipinski definition) is 1. The fourth-order valence-corrected chi connectivity index (χ4v) is 3.93. The number of aromatic hydroxyl groups is 1. The Morgan fingerprint density at radius 2 is 2.00 bits per heavy atom. The third kappa shape index (κ3) is 2.31. The van der Waals surface area contributed by atoms with Crippen LogP contribution in [0.5, 0.6) is 5.75 Å². The van der Waals surface area contributed by atoms with E-state index in [1.165, 1.54) is 5.56 Å². The largest absolute Gasteiger partial charge is 0.508 e. The van der Waals surface area contributed by atoms with Crippen molar-refractivity contribution in [3.63, 3.8) is 0 Å². The minimum Gasteiger partial charge on any atom is -0.508 e. The highest BCUT2D eigenvalue weighted by Crippen LogP contribution is 2.49. The van der Waals surface area contributed by atoms with E-state index in [1.54, 1.807) is 0 Å². The molecule has 0 aliphatic heterocycles. The predicted molar refractivity (Wildman–Crippen MR) is 85.4 cm³/mol. The van der Waals surface area contributed by atoms with Gasteiger partial charge in [-0.3, -0.25) is 4.79 Å². The highest BCUT2D eigenvalue weighted by molar-refractivity contribution is 6.03. The van der Waals surface area contributed by atoms with Crippen molar-refractivity contribution >= 4 is 11.9 Å². The Morgan fingerprint density at radius 3 is 2.67 bits per heavy atom. The lowest BCUT2D eigenvalue weighted by Gasteiger charge is -2.25. The van der Waals surface area contributed by atoms with Gasteiger partial charge in [0.05, 0.1) is 0 Å². The van der Waals surface area contributed by atoms with Crippen molar-refractivity contribution in [1.29, 1.82) is 0 Å². The molecule has 2 heteroatoms. The lowest BCUT2D eigenvalue weighted by Crippen LogP contribution is -2.18. The third-order valence-corrected chi connectivity index (χ3v) is 5.18. The molecule has 2 aliphatic carbocycles. The number of benzene rings is 1. The van der Waals surface area contributed by atoms with Gasteiger partial charge in [0, 0.05) is 6.42 Å². The number of carbonyl (C=O) groups excluding carboxylic acids is 1. The fraction of sp³-hybridized carbons (Fsp3) is 0.526. The van der Waals surface area contributed by atoms with E-state index in [-0.39, 0.29) is 11.2 Å². The molecule has 0 heterocycles. The molecule has 1 atom stereocenters. The first-order chi connectivity index (χ1) is 9.79. The Bertz CT molecular complexity index is 635. The summed E-state index contributed by atoms with van der Waals surface area (Å²) in [6.45, 7) is 8.59. The van der Waals surface area contributed by atoms with Gasteiger partial charge in [-0.05, 0) is 64.5 Å². The average molecular weight is 284 g/mol. The number of rotatable bonds is 1. The van der Waals surface area contributed by atoms with Gasteiger partial charge in [-0.25, -0.2) is 0 Å². The number of fused-ring (bicyclic) bond motifs is 2. The summed E-state index contributed by atoms with van der Waals surface area (Å²) in [4.78, 5) is 12.3. The summed E-state index contributed by atoms with van der Waals surface area (Å²) < 4.78 is 0. The monoisotopic (exact) mass is 284 g/mol. The standard InChI is InChI=1S/C19H24O2/c1-11(2)14-7-12-5-6-16-15(8-13(12)9-17(14)20)18(21)10-19(16,3)4/h7-9,11,16,20H,5-6,10H2,1-4H3. The van der Waals surface area contributed by atoms with E-state index in [2.05, 4.69) is 33.8 Å². The van der Waals surface area contributed by atoms with Crippen LogP contribution in [0.4, 0.5) is 0 Å². The zero-order valence-electron chi connectivity index (χ0n) is 13.4. The maximum Gasteiger partial charge on any atom is 0.159 e. The summed E-state index contributed by atoms with van der Waals surface area (Å²) in [6.07, 6.45) is 4.69. The van der Waals surface area contributed by atoms with Crippen molar-refractivity contribution in [2.75, 3.05) is 0 Å². The second-order valence-corrected chi connectivity index (χ2v) is 7.54. The van der Waals surface area contributed by atoms with Crippen LogP contribution in [0.25, 0.3) is 6.08 Å². The number of ketones is 1. The number of hydrogen-bond acceptors (Lipinski definition) is 2. The first-order valence-corrected chi connectivity index (χ1v) is 7.90. The molecule has 0 aromatic heterocycles. The van der Waals surface area contributed by atoms with Gasteiger partial charge < -0.3 is 5.11 Å². The van der Waals surface area contributed by atoms with Crippen LogP contribution in [0.3, 0.4) is 0 Å². The van der Waals surface area contributed by atoms with Crippen molar-refractivity contribution in [1.82, 2.24) is 0 Å². The Morgan fingerprint density at radius 1 is 1.29 bits per heavy atom. The molecule has 1 aromatic carbocycles. The summed E-state index contributed by atoms with van der Waals surface area (Å²) in [5.74, 6) is 1.29. The molecule has 3 rings (SSSR count). The van der Waals surface area contributed by atoms with Crippen molar-refractivity contribution in [3.8, 4) is 5.75 Å². The molecule has 1 fully saturated rings. The van der Waals surface area contributed by atoms with E-state index in [9.17, 15) is 9.90 Å². The normalized spacial score (nSPS) is 23.6. The number of phenols is 1. The molecule has 112 valence electrons. The lowest BCUT2D eigenvalue weighted by molar-refractivity contribution is -0.115. The third-order valence-electron chi connectivity index (χ3n) is 5.18. The molecular formula is C19H24O2. The SMILES string of the molecule is CC(C)c1cc2c(cc1O)C=C1C(=O)CC(C)(C)C1CC2. The van der Waals surface area contributed by atoms with Gasteiger partial charge in [0.25, 0.3) is 0 Å². The molecule has 21 heavy (non-hydrogen) atoms. The number of Topliss-reactive ketones (excluding diaryl/α,β-unsaturated/α-hetero) is 1. The molecule has 1 N–H and O–H groups in total. The maximum absolute atomic E-state index is 12.3. The van der Waals surface area contributed by atoms with Gasteiger partial charge in [0.2, 0.25) is 0 Å². The van der Waals surface area contributed by atoms with Crippen molar-refractivity contribution < 1.29 is 9.90 Å². The fourth-order valence-electron chi connectivity index (χ4n) is 3.93. The molecule has 1 aromatic rings. The molecule has 0 radical (unpaired) electrons. The molecule has 0 spiro atoms. The maximum atomic E-state index is 12.3. The van der Waals surface area contributed by atoms with Gasteiger partial charge >= 0.3 is 0 Å². The molecule has 2 aliphatic rings. The van der Waals surface area contributed by atoms with Crippen LogP contribution >= 0.6 is 0 Å². The molecule has 0 bridgehead atoms. The van der Waals surface area contributed by atoms with Crippen molar-refractivity contribution in [2.24, 2.45) is 11.3 Å². The molecular weight excluding hydrogens is 260 g/mol. The Hall–Kier alpha value is -1.57. The second-order valence-electron chi connectivity index (χ2n) is 7.54. The summed E-state index contributed by atoms with van der Waals surface area (Å²) in [7, 11) is 0. The molecule has 0 amide bonds. The Balaban J connectivity index is 2.10. The van der Waals surface area contributed by atoms with Crippen molar-refractivity contribution in [2.45, 2.75) is 52.9 Å². The predicted octanol–water partition coefficient (Wildman–Crippen LogP) is 4.46.